The van der Waals surface area contributed by atoms with Gasteiger partial charge in [-0.1, -0.05) is 54.6 Å². The number of pyridine rings is 1. The van der Waals surface area contributed by atoms with E-state index in [2.05, 4.69) is 54.6 Å². The van der Waals surface area contributed by atoms with E-state index in [1.54, 1.807) is 0 Å². The average molecular weight is 403 g/mol. The van der Waals surface area contributed by atoms with Crippen molar-refractivity contribution in [1.82, 2.24) is 4.98 Å². The number of benzene rings is 3. The summed E-state index contributed by atoms with van der Waals surface area (Å²) in [5.41, 5.74) is 12.2. The first-order valence-corrected chi connectivity index (χ1v) is 9.45. The van der Waals surface area contributed by atoms with E-state index in [1.807, 2.05) is 12.1 Å². The van der Waals surface area contributed by atoms with Gasteiger partial charge in [0.05, 0.1) is 5.69 Å². The summed E-state index contributed by atoms with van der Waals surface area (Å²) in [6.07, 6.45) is 0.915. The van der Waals surface area contributed by atoms with Crippen molar-refractivity contribution in [3.63, 3.8) is 0 Å². The van der Waals surface area contributed by atoms with Crippen LogP contribution < -0.4 is 15.2 Å². The standard InChI is InChI=1S/C24H18N2O2.ClH/c25-24-18-8-4-3-7-17(18)22-19(15-9-10-20-21(12-15)28-13-27-20)11-14-5-1-2-6-16(14)23(22)26-24;/h1-10,12,19H,11,13H2,(H2,25,26);1H. The van der Waals surface area contributed by atoms with E-state index in [9.17, 15) is 0 Å². The first-order chi connectivity index (χ1) is 13.8. The number of nitrogen functional groups attached to an aromatic ring is 1. The number of nitrogens with zero attached hydrogens (tertiary/aromatic N) is 1. The second-order valence-electron chi connectivity index (χ2n) is 7.33. The highest BCUT2D eigenvalue weighted by Crippen LogP contribution is 2.47. The van der Waals surface area contributed by atoms with Crippen LogP contribution in [0.5, 0.6) is 11.5 Å². The molecule has 6 rings (SSSR count). The highest BCUT2D eigenvalue weighted by molar-refractivity contribution is 5.98. The third kappa shape index (κ3) is 2.64. The van der Waals surface area contributed by atoms with Gasteiger partial charge in [0.25, 0.3) is 0 Å². The monoisotopic (exact) mass is 402 g/mol. The molecule has 1 aromatic heterocycles. The maximum absolute atomic E-state index is 6.35. The number of rotatable bonds is 1. The van der Waals surface area contributed by atoms with Crippen molar-refractivity contribution in [2.75, 3.05) is 12.5 Å². The lowest BCUT2D eigenvalue weighted by Gasteiger charge is -2.29. The lowest BCUT2D eigenvalue weighted by Crippen LogP contribution is -2.15. The largest absolute Gasteiger partial charge is 0.454 e. The van der Waals surface area contributed by atoms with Gasteiger partial charge in [0.1, 0.15) is 5.82 Å². The van der Waals surface area contributed by atoms with E-state index in [4.69, 9.17) is 20.2 Å². The normalized spacial score (nSPS) is 16.1. The summed E-state index contributed by atoms with van der Waals surface area (Å²) in [4.78, 5) is 4.85. The first-order valence-electron chi connectivity index (χ1n) is 9.45. The summed E-state index contributed by atoms with van der Waals surface area (Å²) in [5.74, 6) is 2.37. The molecule has 4 aromatic rings. The van der Waals surface area contributed by atoms with Gasteiger partial charge in [-0.15, -0.1) is 12.4 Å². The molecule has 0 radical (unpaired) electrons. The molecule has 2 N–H and O–H groups in total. The van der Waals surface area contributed by atoms with Crippen LogP contribution in [0.3, 0.4) is 0 Å². The Balaban J connectivity index is 0.00000181. The second kappa shape index (κ2) is 6.68. The Morgan fingerprint density at radius 2 is 1.62 bits per heavy atom. The van der Waals surface area contributed by atoms with Crippen molar-refractivity contribution < 1.29 is 9.47 Å². The van der Waals surface area contributed by atoms with Gasteiger partial charge in [-0.05, 0) is 40.6 Å². The third-order valence-corrected chi connectivity index (χ3v) is 5.82. The topological polar surface area (TPSA) is 57.4 Å². The first kappa shape index (κ1) is 17.8. The van der Waals surface area contributed by atoms with E-state index >= 15 is 0 Å². The fourth-order valence-corrected chi connectivity index (χ4v) is 4.53. The van der Waals surface area contributed by atoms with E-state index < -0.39 is 0 Å². The molecule has 29 heavy (non-hydrogen) atoms. The Bertz CT molecular complexity index is 1260. The molecule has 0 fully saturated rings. The van der Waals surface area contributed by atoms with Gasteiger partial charge in [-0.25, -0.2) is 4.98 Å². The Morgan fingerprint density at radius 3 is 2.52 bits per heavy atom. The van der Waals surface area contributed by atoms with E-state index in [-0.39, 0.29) is 25.1 Å². The van der Waals surface area contributed by atoms with Crippen LogP contribution in [0, 0.1) is 0 Å². The molecule has 0 amide bonds. The predicted molar refractivity (Wildman–Crippen MR) is 117 cm³/mol. The number of anilines is 1. The number of hydrogen-bond donors (Lipinski definition) is 1. The van der Waals surface area contributed by atoms with Crippen LogP contribution in [0.15, 0.2) is 66.7 Å². The Kier molecular flexibility index (Phi) is 4.10. The minimum absolute atomic E-state index is 0. The highest BCUT2D eigenvalue weighted by Gasteiger charge is 2.30. The number of halogens is 1. The summed E-state index contributed by atoms with van der Waals surface area (Å²) < 4.78 is 11.1. The molecule has 144 valence electrons. The van der Waals surface area contributed by atoms with Crippen molar-refractivity contribution in [3.05, 3.63) is 83.4 Å². The average Bonchev–Trinajstić information content (AvgIpc) is 3.21. The van der Waals surface area contributed by atoms with Gasteiger partial charge in [-0.2, -0.15) is 0 Å². The molecule has 2 heterocycles. The molecule has 1 aliphatic carbocycles. The molecular formula is C24H19ClN2O2. The van der Waals surface area contributed by atoms with Gasteiger partial charge >= 0.3 is 0 Å². The van der Waals surface area contributed by atoms with Crippen LogP contribution in [-0.2, 0) is 6.42 Å². The van der Waals surface area contributed by atoms with Crippen molar-refractivity contribution in [3.8, 4) is 22.8 Å². The Hall–Kier alpha value is -3.24. The number of nitrogens with two attached hydrogens (primary N) is 1. The molecule has 1 unspecified atom stereocenters. The van der Waals surface area contributed by atoms with Crippen LogP contribution in [0.2, 0.25) is 0 Å². The lowest BCUT2D eigenvalue weighted by atomic mass is 9.76. The molecule has 0 spiro atoms. The van der Waals surface area contributed by atoms with Crippen LogP contribution in [-0.4, -0.2) is 11.8 Å². The minimum Gasteiger partial charge on any atom is -0.454 e. The van der Waals surface area contributed by atoms with Gasteiger partial charge in [0, 0.05) is 16.9 Å². The van der Waals surface area contributed by atoms with E-state index in [0.717, 1.165) is 29.0 Å². The van der Waals surface area contributed by atoms with Crippen LogP contribution in [0.4, 0.5) is 5.82 Å². The third-order valence-electron chi connectivity index (χ3n) is 5.82. The maximum Gasteiger partial charge on any atom is 0.231 e. The minimum atomic E-state index is 0. The fraction of sp³-hybridized carbons (Fsp3) is 0.125. The second-order valence-corrected chi connectivity index (χ2v) is 7.33. The number of ether oxygens (including phenoxy) is 2. The molecule has 2 aliphatic rings. The summed E-state index contributed by atoms with van der Waals surface area (Å²) in [5, 5.41) is 2.17. The van der Waals surface area contributed by atoms with E-state index in [1.165, 1.54) is 27.6 Å². The molecule has 0 bridgehead atoms. The van der Waals surface area contributed by atoms with Gasteiger partial charge in [-0.3, -0.25) is 0 Å². The SMILES string of the molecule is Cl.Nc1nc2c(c3ccccc13)C(c1ccc3c(c1)OCO3)Cc1ccccc1-2. The smallest absolute Gasteiger partial charge is 0.231 e. The zero-order valence-corrected chi connectivity index (χ0v) is 16.4. The Morgan fingerprint density at radius 1 is 0.862 bits per heavy atom. The van der Waals surface area contributed by atoms with Gasteiger partial charge in [0.2, 0.25) is 6.79 Å². The number of aromatic nitrogens is 1. The number of hydrogen-bond acceptors (Lipinski definition) is 4. The summed E-state index contributed by atoms with van der Waals surface area (Å²) >= 11 is 0. The molecule has 5 heteroatoms. The van der Waals surface area contributed by atoms with E-state index in [0.29, 0.717) is 5.82 Å². The highest BCUT2D eigenvalue weighted by atomic mass is 35.5. The van der Waals surface area contributed by atoms with Crippen LogP contribution in [0.25, 0.3) is 22.0 Å². The van der Waals surface area contributed by atoms with Crippen molar-refractivity contribution in [2.24, 2.45) is 0 Å². The molecule has 0 saturated heterocycles. The summed E-state index contributed by atoms with van der Waals surface area (Å²) in [6.45, 7) is 0.282. The van der Waals surface area contributed by atoms with Gasteiger partial charge in [0.15, 0.2) is 11.5 Å². The zero-order valence-electron chi connectivity index (χ0n) is 15.6. The summed E-state index contributed by atoms with van der Waals surface area (Å²) in [6, 6.07) is 23.0. The summed E-state index contributed by atoms with van der Waals surface area (Å²) in [7, 11) is 0. The molecule has 0 saturated carbocycles. The fourth-order valence-electron chi connectivity index (χ4n) is 4.53. The predicted octanol–water partition coefficient (Wildman–Crippen LogP) is 5.32. The quantitative estimate of drug-likeness (QED) is 0.468. The molecular weight excluding hydrogens is 384 g/mol. The molecule has 1 aliphatic heterocycles. The Labute approximate surface area is 174 Å². The van der Waals surface area contributed by atoms with Crippen molar-refractivity contribution in [2.45, 2.75) is 12.3 Å². The van der Waals surface area contributed by atoms with Crippen LogP contribution >= 0.6 is 12.4 Å². The molecule has 3 aromatic carbocycles. The molecule has 1 atom stereocenters. The van der Waals surface area contributed by atoms with Gasteiger partial charge < -0.3 is 15.2 Å². The van der Waals surface area contributed by atoms with Crippen molar-refractivity contribution in [1.29, 1.82) is 0 Å². The maximum atomic E-state index is 6.35. The lowest BCUT2D eigenvalue weighted by molar-refractivity contribution is 0.174. The number of fused-ring (bicyclic) bond motifs is 6. The molecule has 4 nitrogen and oxygen atoms in total. The van der Waals surface area contributed by atoms with Crippen LogP contribution in [0.1, 0.15) is 22.6 Å². The zero-order chi connectivity index (χ0) is 18.7. The van der Waals surface area contributed by atoms with Crippen molar-refractivity contribution >= 4 is 29.0 Å².